The number of guanidine groups is 4. The predicted molar refractivity (Wildman–Crippen MR) is 242 cm³/mol. The molecule has 0 saturated heterocycles. The van der Waals surface area contributed by atoms with Crippen LogP contribution in [0.1, 0.15) is 97.9 Å². The van der Waals surface area contributed by atoms with Crippen LogP contribution >= 0.6 is 0 Å². The number of ether oxygens (including phenoxy) is 4. The molecular weight excluding hydrogens is 761 g/mol. The summed E-state index contributed by atoms with van der Waals surface area (Å²) in [6.45, 7) is 10.0. The third kappa shape index (κ3) is 11.6. The summed E-state index contributed by atoms with van der Waals surface area (Å²) < 4.78 is 26.6. The van der Waals surface area contributed by atoms with E-state index in [9.17, 15) is 0 Å². The molecule has 0 aliphatic heterocycles. The van der Waals surface area contributed by atoms with Crippen LogP contribution in [0.25, 0.3) is 0 Å². The lowest BCUT2D eigenvalue weighted by Crippen LogP contribution is -2.22. The monoisotopic (exact) mass is 820 g/mol. The van der Waals surface area contributed by atoms with Gasteiger partial charge in [0.2, 0.25) is 0 Å². The number of nitrogens with two attached hydrogens (primary N) is 8. The zero-order valence-corrected chi connectivity index (χ0v) is 35.1. The summed E-state index contributed by atoms with van der Waals surface area (Å²) in [5.74, 6) is 2.33. The summed E-state index contributed by atoms with van der Waals surface area (Å²) in [7, 11) is 0. The summed E-state index contributed by atoms with van der Waals surface area (Å²) in [6, 6.07) is 15.4. The lowest BCUT2D eigenvalue weighted by atomic mass is 9.90. The van der Waals surface area contributed by atoms with Gasteiger partial charge in [-0.25, -0.2) is 20.0 Å². The molecule has 4 aromatic carbocycles. The second kappa shape index (κ2) is 20.7. The van der Waals surface area contributed by atoms with Crippen LogP contribution in [0.2, 0.25) is 0 Å². The van der Waals surface area contributed by atoms with E-state index in [4.69, 9.17) is 64.8 Å². The highest BCUT2D eigenvalue weighted by molar-refractivity contribution is 5.82. The Morgan fingerprint density at radius 1 is 0.350 bits per heavy atom. The highest BCUT2D eigenvalue weighted by Crippen LogP contribution is 2.43. The molecule has 5 rings (SSSR count). The summed E-state index contributed by atoms with van der Waals surface area (Å²) in [6.07, 6.45) is 4.38. The van der Waals surface area contributed by atoms with Crippen molar-refractivity contribution >= 4 is 46.6 Å². The van der Waals surface area contributed by atoms with Crippen molar-refractivity contribution in [1.82, 2.24) is 0 Å². The maximum Gasteiger partial charge on any atom is 0.191 e. The predicted octanol–water partition coefficient (Wildman–Crippen LogP) is 5.14. The molecule has 16 N–H and O–H groups in total. The van der Waals surface area contributed by atoms with E-state index >= 15 is 0 Å². The normalized spacial score (nSPS) is 11.8. The standard InChI is InChI=1S/C44H60N12O4/c1-5-9-57-37-25-13-27-19-34(54-42(47)48)21-29(38(27)58-10-6-2)15-31-23-36(56-44(51)52)24-32(40(31)60-12-8-4)16-30-22-35(55-43(49)50)20-28(39(30)59-11-7-3)14-26(37)18-33(17-25)53-41(45)46/h17-24H,5-16H2,1-4H3,(H4,45,46,53)(H4,47,48,54)(H4,49,50,55)(H4,51,52,56). The third-order valence-electron chi connectivity index (χ3n) is 9.27. The molecule has 8 bridgehead atoms. The largest absolute Gasteiger partial charge is 0.493 e. The molecule has 0 amide bonds. The van der Waals surface area contributed by atoms with E-state index in [1.807, 2.05) is 48.5 Å². The van der Waals surface area contributed by atoms with Gasteiger partial charge < -0.3 is 64.8 Å². The van der Waals surface area contributed by atoms with Gasteiger partial charge in [-0.15, -0.1) is 0 Å². The van der Waals surface area contributed by atoms with E-state index in [0.29, 0.717) is 97.9 Å². The molecule has 0 aromatic heterocycles. The zero-order chi connectivity index (χ0) is 43.3. The molecule has 0 spiro atoms. The van der Waals surface area contributed by atoms with Gasteiger partial charge in [0.1, 0.15) is 23.0 Å². The molecule has 16 nitrogen and oxygen atoms in total. The Balaban J connectivity index is 2.00. The number of nitrogens with zero attached hydrogens (tertiary/aromatic N) is 4. The van der Waals surface area contributed by atoms with Crippen LogP contribution in [0.3, 0.4) is 0 Å². The fraction of sp³-hybridized carbons (Fsp3) is 0.364. The van der Waals surface area contributed by atoms with E-state index in [0.717, 1.165) is 70.2 Å². The molecule has 0 heterocycles. The van der Waals surface area contributed by atoms with Gasteiger partial charge in [-0.05, 0) is 74.2 Å². The average molecular weight is 821 g/mol. The van der Waals surface area contributed by atoms with E-state index in [-0.39, 0.29) is 23.8 Å². The van der Waals surface area contributed by atoms with Crippen LogP contribution < -0.4 is 64.8 Å². The van der Waals surface area contributed by atoms with E-state index in [2.05, 4.69) is 47.7 Å². The van der Waals surface area contributed by atoms with Crippen molar-refractivity contribution < 1.29 is 18.9 Å². The number of benzene rings is 4. The van der Waals surface area contributed by atoms with E-state index < -0.39 is 0 Å². The molecule has 1 aliphatic rings. The number of fused-ring (bicyclic) bond motifs is 8. The second-order valence-electron chi connectivity index (χ2n) is 14.6. The van der Waals surface area contributed by atoms with Gasteiger partial charge in [0, 0.05) is 70.2 Å². The quantitative estimate of drug-likeness (QED) is 0.0474. The first kappa shape index (κ1) is 44.3. The minimum absolute atomic E-state index is 0.0911. The Labute approximate surface area is 352 Å². The van der Waals surface area contributed by atoms with Gasteiger partial charge in [-0.1, -0.05) is 27.7 Å². The van der Waals surface area contributed by atoms with Crippen LogP contribution in [0.15, 0.2) is 68.5 Å². The molecule has 320 valence electrons. The zero-order valence-electron chi connectivity index (χ0n) is 35.1. The third-order valence-corrected chi connectivity index (χ3v) is 9.27. The Hall–Kier alpha value is -6.84. The lowest BCUT2D eigenvalue weighted by Gasteiger charge is -2.24. The van der Waals surface area contributed by atoms with Crippen LogP contribution in [0, 0.1) is 0 Å². The van der Waals surface area contributed by atoms with Crippen LogP contribution in [0.5, 0.6) is 23.0 Å². The lowest BCUT2D eigenvalue weighted by molar-refractivity contribution is 0.304. The van der Waals surface area contributed by atoms with Gasteiger partial charge >= 0.3 is 0 Å². The molecule has 60 heavy (non-hydrogen) atoms. The summed E-state index contributed by atoms with van der Waals surface area (Å²) in [4.78, 5) is 18.1. The summed E-state index contributed by atoms with van der Waals surface area (Å²) >= 11 is 0. The fourth-order valence-corrected chi connectivity index (χ4v) is 7.23. The number of rotatable bonds is 16. The smallest absolute Gasteiger partial charge is 0.191 e. The van der Waals surface area contributed by atoms with Gasteiger partial charge in [-0.3, -0.25) is 0 Å². The van der Waals surface area contributed by atoms with Crippen molar-refractivity contribution in [3.63, 3.8) is 0 Å². The fourth-order valence-electron chi connectivity index (χ4n) is 7.23. The van der Waals surface area contributed by atoms with Crippen molar-refractivity contribution in [2.45, 2.75) is 79.1 Å². The number of hydrogen-bond donors (Lipinski definition) is 8. The molecule has 0 radical (unpaired) electrons. The Bertz CT molecular complexity index is 1860. The minimum Gasteiger partial charge on any atom is -0.493 e. The van der Waals surface area contributed by atoms with Crippen molar-refractivity contribution in [3.8, 4) is 23.0 Å². The molecule has 0 atom stereocenters. The van der Waals surface area contributed by atoms with Gasteiger partial charge in [0.15, 0.2) is 23.8 Å². The molecular formula is C44H60N12O4. The topological polar surface area (TPSA) is 295 Å². The second-order valence-corrected chi connectivity index (χ2v) is 14.6. The number of aliphatic imine (C=N–C) groups is 4. The van der Waals surface area contributed by atoms with Crippen molar-refractivity contribution in [3.05, 3.63) is 93.0 Å². The van der Waals surface area contributed by atoms with E-state index in [1.165, 1.54) is 0 Å². The van der Waals surface area contributed by atoms with Crippen LogP contribution in [0.4, 0.5) is 22.7 Å². The van der Waals surface area contributed by atoms with Crippen molar-refractivity contribution in [1.29, 1.82) is 0 Å². The average Bonchev–Trinajstić information content (AvgIpc) is 3.15. The first-order valence-corrected chi connectivity index (χ1v) is 20.3. The van der Waals surface area contributed by atoms with Crippen LogP contribution in [-0.2, 0) is 25.7 Å². The van der Waals surface area contributed by atoms with Gasteiger partial charge in [-0.2, -0.15) is 0 Å². The van der Waals surface area contributed by atoms with Crippen molar-refractivity contribution in [2.24, 2.45) is 65.8 Å². The molecule has 4 aromatic rings. The SMILES string of the molecule is CCCOc1c2cc(N=C(N)N)cc1Cc1cc(N=C(N)N)cc(c1OCCC)Cc1cc(N=C(N)N)cc(c1OCCC)Cc1cc(N=C(N)N)cc(c1OCCC)C2. The van der Waals surface area contributed by atoms with Gasteiger partial charge in [0.25, 0.3) is 0 Å². The molecule has 1 aliphatic carbocycles. The number of hydrogen-bond acceptors (Lipinski definition) is 8. The van der Waals surface area contributed by atoms with E-state index in [1.54, 1.807) is 0 Å². The minimum atomic E-state index is -0.0911. The Morgan fingerprint density at radius 3 is 0.650 bits per heavy atom. The maximum atomic E-state index is 6.65. The summed E-state index contributed by atoms with van der Waals surface area (Å²) in [5, 5.41) is 0. The molecule has 16 heteroatoms. The Kier molecular flexibility index (Phi) is 15.3. The highest BCUT2D eigenvalue weighted by Gasteiger charge is 2.25. The first-order chi connectivity index (χ1) is 28.8. The molecule has 0 unspecified atom stereocenters. The highest BCUT2D eigenvalue weighted by atomic mass is 16.5. The van der Waals surface area contributed by atoms with Gasteiger partial charge in [0.05, 0.1) is 49.2 Å². The molecule has 0 fully saturated rings. The summed E-state index contributed by atoms with van der Waals surface area (Å²) in [5.41, 5.74) is 56.6. The molecule has 0 saturated carbocycles. The first-order valence-electron chi connectivity index (χ1n) is 20.3. The Morgan fingerprint density at radius 2 is 0.517 bits per heavy atom. The van der Waals surface area contributed by atoms with Crippen molar-refractivity contribution in [2.75, 3.05) is 26.4 Å². The maximum absolute atomic E-state index is 6.65. The van der Waals surface area contributed by atoms with Crippen LogP contribution in [-0.4, -0.2) is 50.3 Å².